The van der Waals surface area contributed by atoms with Crippen molar-refractivity contribution in [2.24, 2.45) is 0 Å². The standard InChI is InChI=1S/C18H25N3O4/c1-2-25-16-6-4-3-5-14(16)21-17(23)13-15(18(21)24)20-9-7-19(8-10-20)11-12-22/h3-6,15,22H,2,7-13H2,1H3/t15-/m1/s1. The number of amides is 2. The summed E-state index contributed by atoms with van der Waals surface area (Å²) < 4.78 is 5.58. The maximum atomic E-state index is 12.9. The van der Waals surface area contributed by atoms with Gasteiger partial charge in [0.05, 0.1) is 31.4 Å². The Morgan fingerprint density at radius 2 is 1.88 bits per heavy atom. The Kier molecular flexibility index (Phi) is 5.67. The van der Waals surface area contributed by atoms with Crippen LogP contribution in [0.5, 0.6) is 5.75 Å². The minimum atomic E-state index is -0.404. The number of β-amino-alcohol motifs (C(OH)–C–C–N with tert-alkyl or cyclic N) is 1. The number of hydrogen-bond acceptors (Lipinski definition) is 6. The van der Waals surface area contributed by atoms with Gasteiger partial charge in [-0.05, 0) is 19.1 Å². The molecule has 2 fully saturated rings. The topological polar surface area (TPSA) is 73.3 Å². The molecule has 0 aromatic heterocycles. The first-order chi connectivity index (χ1) is 12.2. The van der Waals surface area contributed by atoms with Gasteiger partial charge in [-0.2, -0.15) is 0 Å². The molecule has 7 nitrogen and oxygen atoms in total. The number of anilines is 1. The van der Waals surface area contributed by atoms with Crippen molar-refractivity contribution in [3.05, 3.63) is 24.3 Å². The lowest BCUT2D eigenvalue weighted by Gasteiger charge is -2.36. The van der Waals surface area contributed by atoms with E-state index in [1.165, 1.54) is 4.90 Å². The van der Waals surface area contributed by atoms with E-state index in [-0.39, 0.29) is 24.8 Å². The molecule has 0 aliphatic carbocycles. The number of rotatable bonds is 6. The highest BCUT2D eigenvalue weighted by Gasteiger charge is 2.44. The van der Waals surface area contributed by atoms with Crippen molar-refractivity contribution >= 4 is 17.5 Å². The van der Waals surface area contributed by atoms with Gasteiger partial charge < -0.3 is 9.84 Å². The number of nitrogens with zero attached hydrogens (tertiary/aromatic N) is 3. The highest BCUT2D eigenvalue weighted by molar-refractivity contribution is 6.23. The van der Waals surface area contributed by atoms with Crippen molar-refractivity contribution < 1.29 is 19.4 Å². The van der Waals surface area contributed by atoms with E-state index in [0.29, 0.717) is 24.6 Å². The van der Waals surface area contributed by atoms with Crippen LogP contribution in [0.25, 0.3) is 0 Å². The summed E-state index contributed by atoms with van der Waals surface area (Å²) >= 11 is 0. The summed E-state index contributed by atoms with van der Waals surface area (Å²) in [6.07, 6.45) is 0.208. The summed E-state index contributed by atoms with van der Waals surface area (Å²) in [7, 11) is 0. The average Bonchev–Trinajstić information content (AvgIpc) is 2.91. The number of imide groups is 1. The van der Waals surface area contributed by atoms with Crippen LogP contribution in [0, 0.1) is 0 Å². The van der Waals surface area contributed by atoms with Crippen LogP contribution in [0.1, 0.15) is 13.3 Å². The maximum absolute atomic E-state index is 12.9. The van der Waals surface area contributed by atoms with Crippen molar-refractivity contribution in [3.8, 4) is 5.75 Å². The van der Waals surface area contributed by atoms with Gasteiger partial charge in [-0.3, -0.25) is 19.4 Å². The van der Waals surface area contributed by atoms with Crippen molar-refractivity contribution in [2.75, 3.05) is 50.8 Å². The largest absolute Gasteiger partial charge is 0.492 e. The molecule has 3 rings (SSSR count). The lowest BCUT2D eigenvalue weighted by Crippen LogP contribution is -2.53. The highest BCUT2D eigenvalue weighted by Crippen LogP contribution is 2.33. The van der Waals surface area contributed by atoms with Crippen LogP contribution in [-0.4, -0.2) is 78.7 Å². The van der Waals surface area contributed by atoms with Crippen molar-refractivity contribution in [1.82, 2.24) is 9.80 Å². The number of carbonyl (C=O) groups excluding carboxylic acids is 2. The smallest absolute Gasteiger partial charge is 0.251 e. The molecule has 136 valence electrons. The summed E-state index contributed by atoms with van der Waals surface area (Å²) in [5, 5.41) is 9.03. The second-order valence-corrected chi connectivity index (χ2v) is 6.29. The van der Waals surface area contributed by atoms with Gasteiger partial charge in [0.15, 0.2) is 0 Å². The SMILES string of the molecule is CCOc1ccccc1N1C(=O)C[C@@H](N2CCN(CCO)CC2)C1=O. The van der Waals surface area contributed by atoms with E-state index in [9.17, 15) is 9.59 Å². The third-order valence-electron chi connectivity index (χ3n) is 4.79. The first-order valence-electron chi connectivity index (χ1n) is 8.81. The average molecular weight is 347 g/mol. The summed E-state index contributed by atoms with van der Waals surface area (Å²) in [6, 6.07) is 6.76. The van der Waals surface area contributed by atoms with Crippen LogP contribution >= 0.6 is 0 Å². The Labute approximate surface area is 147 Å². The zero-order valence-electron chi connectivity index (χ0n) is 14.6. The first kappa shape index (κ1) is 17.8. The van der Waals surface area contributed by atoms with Crippen LogP contribution in [-0.2, 0) is 9.59 Å². The van der Waals surface area contributed by atoms with E-state index in [2.05, 4.69) is 9.80 Å². The van der Waals surface area contributed by atoms with E-state index in [1.54, 1.807) is 18.2 Å². The molecule has 1 atom stereocenters. The number of carbonyl (C=O) groups is 2. The first-order valence-corrected chi connectivity index (χ1v) is 8.81. The highest BCUT2D eigenvalue weighted by atomic mass is 16.5. The van der Waals surface area contributed by atoms with Gasteiger partial charge in [0.1, 0.15) is 5.75 Å². The monoisotopic (exact) mass is 347 g/mol. The molecule has 2 aliphatic heterocycles. The number of ether oxygens (including phenoxy) is 1. The van der Waals surface area contributed by atoms with Crippen LogP contribution in [0.4, 0.5) is 5.69 Å². The van der Waals surface area contributed by atoms with E-state index < -0.39 is 6.04 Å². The fourth-order valence-corrected chi connectivity index (χ4v) is 3.51. The van der Waals surface area contributed by atoms with Gasteiger partial charge in [-0.15, -0.1) is 0 Å². The molecule has 2 aliphatic rings. The van der Waals surface area contributed by atoms with E-state index in [4.69, 9.17) is 9.84 Å². The van der Waals surface area contributed by atoms with E-state index >= 15 is 0 Å². The van der Waals surface area contributed by atoms with Crippen molar-refractivity contribution in [3.63, 3.8) is 0 Å². The van der Waals surface area contributed by atoms with Gasteiger partial charge in [-0.25, -0.2) is 4.90 Å². The molecule has 2 saturated heterocycles. The summed E-state index contributed by atoms with van der Waals surface area (Å²) in [4.78, 5) is 31.0. The predicted octanol–water partition coefficient (Wildman–Crippen LogP) is 0.327. The van der Waals surface area contributed by atoms with Gasteiger partial charge in [0.2, 0.25) is 5.91 Å². The molecule has 25 heavy (non-hydrogen) atoms. The maximum Gasteiger partial charge on any atom is 0.251 e. The molecule has 0 bridgehead atoms. The Morgan fingerprint density at radius 3 is 2.56 bits per heavy atom. The minimum absolute atomic E-state index is 0.142. The van der Waals surface area contributed by atoms with Crippen LogP contribution in [0.2, 0.25) is 0 Å². The van der Waals surface area contributed by atoms with Gasteiger partial charge in [-0.1, -0.05) is 12.1 Å². The van der Waals surface area contributed by atoms with Crippen LogP contribution in [0.15, 0.2) is 24.3 Å². The second kappa shape index (κ2) is 7.95. The van der Waals surface area contributed by atoms with Crippen LogP contribution < -0.4 is 9.64 Å². The van der Waals surface area contributed by atoms with Crippen molar-refractivity contribution in [1.29, 1.82) is 0 Å². The predicted molar refractivity (Wildman–Crippen MR) is 93.6 cm³/mol. The Hall–Kier alpha value is -1.96. The molecule has 7 heteroatoms. The second-order valence-electron chi connectivity index (χ2n) is 6.29. The normalized spacial score (nSPS) is 22.6. The Morgan fingerprint density at radius 1 is 1.16 bits per heavy atom. The quantitative estimate of drug-likeness (QED) is 0.748. The van der Waals surface area contributed by atoms with Gasteiger partial charge >= 0.3 is 0 Å². The molecule has 0 unspecified atom stereocenters. The summed E-state index contributed by atoms with van der Waals surface area (Å²) in [5.41, 5.74) is 0.528. The van der Waals surface area contributed by atoms with Crippen molar-refractivity contribution in [2.45, 2.75) is 19.4 Å². The molecule has 1 aromatic rings. The Balaban J connectivity index is 1.73. The van der Waals surface area contributed by atoms with E-state index in [1.807, 2.05) is 13.0 Å². The molecule has 2 heterocycles. The summed E-state index contributed by atoms with van der Waals surface area (Å²) in [6.45, 7) is 6.20. The molecule has 1 aromatic carbocycles. The fourth-order valence-electron chi connectivity index (χ4n) is 3.51. The summed E-state index contributed by atoms with van der Waals surface area (Å²) in [5.74, 6) is 0.202. The zero-order chi connectivity index (χ0) is 17.8. The van der Waals surface area contributed by atoms with Crippen LogP contribution in [0.3, 0.4) is 0 Å². The molecular weight excluding hydrogens is 322 g/mol. The molecule has 0 saturated carbocycles. The molecule has 1 N–H and O–H groups in total. The number of benzene rings is 1. The van der Waals surface area contributed by atoms with E-state index in [0.717, 1.165) is 26.2 Å². The molecule has 2 amide bonds. The van der Waals surface area contributed by atoms with Gasteiger partial charge in [0.25, 0.3) is 5.91 Å². The Bertz CT molecular complexity index is 629. The minimum Gasteiger partial charge on any atom is -0.492 e. The third-order valence-corrected chi connectivity index (χ3v) is 4.79. The lowest BCUT2D eigenvalue weighted by molar-refractivity contribution is -0.123. The number of piperazine rings is 1. The molecule has 0 radical (unpaired) electrons. The zero-order valence-corrected chi connectivity index (χ0v) is 14.6. The number of hydrogen-bond donors (Lipinski definition) is 1. The third kappa shape index (κ3) is 3.68. The molecule has 0 spiro atoms. The number of para-hydroxylation sites is 2. The van der Waals surface area contributed by atoms with Gasteiger partial charge in [0, 0.05) is 32.7 Å². The number of aliphatic hydroxyl groups is 1. The molecular formula is C18H25N3O4. The lowest BCUT2D eigenvalue weighted by atomic mass is 10.1. The fraction of sp³-hybridized carbons (Fsp3) is 0.556. The number of aliphatic hydroxyl groups excluding tert-OH is 1.